The second-order valence-corrected chi connectivity index (χ2v) is 9.36. The molecule has 10 nitrogen and oxygen atoms in total. The van der Waals surface area contributed by atoms with Gasteiger partial charge in [-0.1, -0.05) is 12.1 Å². The topological polar surface area (TPSA) is 178 Å². The first-order valence-electron chi connectivity index (χ1n) is 12.0. The van der Waals surface area contributed by atoms with E-state index >= 15 is 0 Å². The van der Waals surface area contributed by atoms with Gasteiger partial charge in [0.1, 0.15) is 68.6 Å². The third-order valence-corrected chi connectivity index (χ3v) is 6.83. The third-order valence-electron chi connectivity index (χ3n) is 6.83. The molecule has 0 unspecified atom stereocenters. The number of ether oxygens (including phenoxy) is 1. The lowest BCUT2D eigenvalue weighted by Crippen LogP contribution is -2.30. The van der Waals surface area contributed by atoms with Crippen LogP contribution in [-0.2, 0) is 0 Å². The minimum atomic E-state index is -1.42. The molecule has 0 bridgehead atoms. The molecule has 0 amide bonds. The quantitative estimate of drug-likeness (QED) is 0.186. The van der Waals surface area contributed by atoms with Crippen molar-refractivity contribution in [2.24, 2.45) is 0 Å². The smallest absolute Gasteiger partial charge is 0.197 e. The Morgan fingerprint density at radius 3 is 1.98 bits per heavy atom. The van der Waals surface area contributed by atoms with Crippen LogP contribution in [-0.4, -0.2) is 36.4 Å². The Morgan fingerprint density at radius 2 is 1.30 bits per heavy atom. The fourth-order valence-corrected chi connectivity index (χ4v) is 5.02. The van der Waals surface area contributed by atoms with Crippen LogP contribution >= 0.6 is 0 Å². The Kier molecular flexibility index (Phi) is 5.54. The summed E-state index contributed by atoms with van der Waals surface area (Å²) in [4.78, 5) is 27.3. The number of hydrogen-bond donors (Lipinski definition) is 6. The Bertz CT molecular complexity index is 1870. The number of ketones is 1. The van der Waals surface area contributed by atoms with Gasteiger partial charge in [0.05, 0.1) is 11.5 Å². The van der Waals surface area contributed by atoms with E-state index in [2.05, 4.69) is 0 Å². The number of fused-ring (bicyclic) bond motifs is 2. The molecule has 0 aliphatic carbocycles. The minimum absolute atomic E-state index is 0.0194. The van der Waals surface area contributed by atoms with Gasteiger partial charge in [-0.3, -0.25) is 9.59 Å². The zero-order valence-corrected chi connectivity index (χ0v) is 20.4. The van der Waals surface area contributed by atoms with E-state index in [4.69, 9.17) is 9.15 Å². The Hall–Kier alpha value is -5.64. The normalized spacial score (nSPS) is 16.4. The average Bonchev–Trinajstić information content (AvgIpc) is 2.89. The van der Waals surface area contributed by atoms with Crippen LogP contribution in [0.4, 0.5) is 0 Å². The zero-order chi connectivity index (χ0) is 28.3. The summed E-state index contributed by atoms with van der Waals surface area (Å²) in [6.45, 7) is 0. The number of aromatic hydroxyl groups is 6. The molecule has 0 fully saturated rings. The van der Waals surface area contributed by atoms with E-state index in [9.17, 15) is 40.2 Å². The van der Waals surface area contributed by atoms with Gasteiger partial charge in [-0.15, -0.1) is 0 Å². The molecule has 6 rings (SSSR count). The number of rotatable bonds is 3. The van der Waals surface area contributed by atoms with Crippen molar-refractivity contribution in [2.75, 3.05) is 0 Å². The van der Waals surface area contributed by atoms with Crippen molar-refractivity contribution < 1.29 is 44.6 Å². The lowest BCUT2D eigenvalue weighted by molar-refractivity contribution is 0.0772. The van der Waals surface area contributed by atoms with Crippen LogP contribution < -0.4 is 10.2 Å². The number of Topliss-reactive ketones (excluding diaryl/α,β-unsaturated/α-hetero) is 1. The lowest BCUT2D eigenvalue weighted by Gasteiger charge is -2.34. The first-order chi connectivity index (χ1) is 19.1. The molecule has 200 valence electrons. The average molecular weight is 540 g/mol. The van der Waals surface area contributed by atoms with E-state index in [-0.39, 0.29) is 50.9 Å². The van der Waals surface area contributed by atoms with Crippen molar-refractivity contribution in [1.82, 2.24) is 0 Å². The van der Waals surface area contributed by atoms with Crippen molar-refractivity contribution >= 4 is 16.8 Å². The molecule has 0 saturated heterocycles. The van der Waals surface area contributed by atoms with Crippen LogP contribution in [0.5, 0.6) is 40.2 Å². The van der Waals surface area contributed by atoms with E-state index in [1.165, 1.54) is 48.5 Å². The first kappa shape index (κ1) is 24.7. The molecule has 1 aliphatic rings. The van der Waals surface area contributed by atoms with E-state index in [1.54, 1.807) is 0 Å². The monoisotopic (exact) mass is 540 g/mol. The van der Waals surface area contributed by atoms with Crippen molar-refractivity contribution in [2.45, 2.75) is 12.0 Å². The third kappa shape index (κ3) is 3.90. The van der Waals surface area contributed by atoms with Crippen LogP contribution in [0.1, 0.15) is 33.5 Å². The van der Waals surface area contributed by atoms with E-state index in [0.29, 0.717) is 11.1 Å². The fourth-order valence-electron chi connectivity index (χ4n) is 5.02. The Morgan fingerprint density at radius 1 is 0.650 bits per heavy atom. The van der Waals surface area contributed by atoms with Crippen LogP contribution in [0.25, 0.3) is 22.3 Å². The van der Waals surface area contributed by atoms with Crippen molar-refractivity contribution in [3.05, 3.63) is 99.7 Å². The summed E-state index contributed by atoms with van der Waals surface area (Å²) < 4.78 is 12.2. The van der Waals surface area contributed by atoms with Crippen LogP contribution in [0.2, 0.25) is 0 Å². The van der Waals surface area contributed by atoms with Gasteiger partial charge < -0.3 is 39.8 Å². The van der Waals surface area contributed by atoms with Crippen LogP contribution in [0.3, 0.4) is 0 Å². The summed E-state index contributed by atoms with van der Waals surface area (Å²) in [5, 5.41) is 61.5. The molecular weight excluding hydrogens is 520 g/mol. The number of benzene rings is 4. The molecule has 10 heteroatoms. The second-order valence-electron chi connectivity index (χ2n) is 9.36. The maximum absolute atomic E-state index is 14.1. The largest absolute Gasteiger partial charge is 0.508 e. The molecule has 2 atom stereocenters. The van der Waals surface area contributed by atoms with Gasteiger partial charge in [-0.2, -0.15) is 0 Å². The van der Waals surface area contributed by atoms with Crippen LogP contribution in [0.15, 0.2) is 82.0 Å². The number of carbonyl (C=O) groups excluding carboxylic acids is 1. The van der Waals surface area contributed by atoms with Gasteiger partial charge in [0.2, 0.25) is 0 Å². The van der Waals surface area contributed by atoms with Gasteiger partial charge >= 0.3 is 0 Å². The number of phenols is 6. The number of carbonyl (C=O) groups is 1. The predicted molar refractivity (Wildman–Crippen MR) is 141 cm³/mol. The van der Waals surface area contributed by atoms with Gasteiger partial charge in [0.15, 0.2) is 11.2 Å². The standard InChI is InChI=1S/C30H20O10/c31-15-5-1-13(2-6-15)22-12-21(37)24-19(35)11-20(36)26(30(24)39-22)27-28(38)25-18(34)9-17(33)10-23(25)40-29(27)14-3-7-16(32)8-4-14/h1-12,27,29,31-36H/t27-,29+/m1/s1. The highest BCUT2D eigenvalue weighted by atomic mass is 16.5. The molecule has 0 spiro atoms. The summed E-state index contributed by atoms with van der Waals surface area (Å²) >= 11 is 0. The molecule has 40 heavy (non-hydrogen) atoms. The second kappa shape index (κ2) is 8.98. The number of phenolic OH excluding ortho intramolecular Hbond substituents is 6. The highest BCUT2D eigenvalue weighted by molar-refractivity contribution is 6.09. The summed E-state index contributed by atoms with van der Waals surface area (Å²) in [6.07, 6.45) is -1.19. The summed E-state index contributed by atoms with van der Waals surface area (Å²) in [6, 6.07) is 15.7. The molecule has 1 aromatic heterocycles. The van der Waals surface area contributed by atoms with Gasteiger partial charge in [0.25, 0.3) is 0 Å². The fraction of sp³-hybridized carbons (Fsp3) is 0.0667. The molecule has 0 radical (unpaired) electrons. The summed E-state index contributed by atoms with van der Waals surface area (Å²) in [5.74, 6) is -4.39. The molecular formula is C30H20O10. The van der Waals surface area contributed by atoms with Crippen molar-refractivity contribution in [3.63, 3.8) is 0 Å². The maximum atomic E-state index is 14.1. The zero-order valence-electron chi connectivity index (χ0n) is 20.4. The van der Waals surface area contributed by atoms with E-state index in [0.717, 1.165) is 24.3 Å². The number of hydrogen-bond acceptors (Lipinski definition) is 10. The lowest BCUT2D eigenvalue weighted by atomic mass is 9.79. The molecule has 4 aromatic carbocycles. The van der Waals surface area contributed by atoms with E-state index in [1.807, 2.05) is 0 Å². The SMILES string of the molecule is O=C1c2c(O)cc(O)cc2O[C@@H](c2ccc(O)cc2)[C@@H]1c1c(O)cc(O)c2c(=O)cc(-c3ccc(O)cc3)oc12. The molecule has 0 saturated carbocycles. The predicted octanol–water partition coefficient (Wildman–Crippen LogP) is 4.79. The Labute approximate surface area is 224 Å². The van der Waals surface area contributed by atoms with Gasteiger partial charge in [-0.25, -0.2) is 0 Å². The highest BCUT2D eigenvalue weighted by Gasteiger charge is 2.44. The first-order valence-corrected chi connectivity index (χ1v) is 12.0. The molecule has 1 aliphatic heterocycles. The van der Waals surface area contributed by atoms with Crippen LogP contribution in [0, 0.1) is 0 Å². The Balaban J connectivity index is 1.66. The van der Waals surface area contributed by atoms with Gasteiger partial charge in [0, 0.05) is 29.8 Å². The maximum Gasteiger partial charge on any atom is 0.197 e. The van der Waals surface area contributed by atoms with Crippen molar-refractivity contribution in [3.8, 4) is 51.6 Å². The molecule has 2 heterocycles. The molecule has 6 N–H and O–H groups in total. The van der Waals surface area contributed by atoms with Gasteiger partial charge in [-0.05, 0) is 42.0 Å². The van der Waals surface area contributed by atoms with E-state index < -0.39 is 40.5 Å². The minimum Gasteiger partial charge on any atom is -0.508 e. The van der Waals surface area contributed by atoms with Crippen molar-refractivity contribution in [1.29, 1.82) is 0 Å². The summed E-state index contributed by atoms with van der Waals surface area (Å²) in [7, 11) is 0. The summed E-state index contributed by atoms with van der Waals surface area (Å²) in [5.41, 5.74) is -0.642. The molecule has 5 aromatic rings. The highest BCUT2D eigenvalue weighted by Crippen LogP contribution is 2.52.